The maximum atomic E-state index is 12.3. The van der Waals surface area contributed by atoms with Crippen LogP contribution in [0.15, 0.2) is 35.8 Å². The monoisotopic (exact) mass is 443 g/mol. The van der Waals surface area contributed by atoms with E-state index in [1.165, 1.54) is 22.7 Å². The number of ether oxygens (including phenoxy) is 1. The number of allylic oxidation sites excluding steroid dienone is 1. The number of hydrogen-bond acceptors (Lipinski definition) is 7. The summed E-state index contributed by atoms with van der Waals surface area (Å²) in [5.41, 5.74) is 3.47. The summed E-state index contributed by atoms with van der Waals surface area (Å²) in [7, 11) is 0. The van der Waals surface area contributed by atoms with Crippen molar-refractivity contribution in [1.82, 2.24) is 4.98 Å². The van der Waals surface area contributed by atoms with Crippen LogP contribution in [0.4, 0.5) is 5.00 Å². The van der Waals surface area contributed by atoms with Crippen molar-refractivity contribution in [3.05, 3.63) is 61.9 Å². The van der Waals surface area contributed by atoms with E-state index in [9.17, 15) is 10.1 Å². The molecule has 1 aromatic carbocycles. The van der Waals surface area contributed by atoms with Gasteiger partial charge in [-0.15, -0.1) is 22.7 Å². The second kappa shape index (κ2) is 9.23. The van der Waals surface area contributed by atoms with Gasteiger partial charge in [-0.1, -0.05) is 23.7 Å². The van der Waals surface area contributed by atoms with Crippen molar-refractivity contribution in [2.75, 3.05) is 11.9 Å². The van der Waals surface area contributed by atoms with Gasteiger partial charge in [0, 0.05) is 27.0 Å². The molecule has 0 bridgehead atoms. The SMILES string of the molecule is CCOC(=O)c1c(NC=C(C#N)c2nc(-c3ccc(Cl)cc3)cs2)sc(C)c1C. The van der Waals surface area contributed by atoms with Crippen LogP contribution < -0.4 is 5.32 Å². The van der Waals surface area contributed by atoms with E-state index in [4.69, 9.17) is 16.3 Å². The van der Waals surface area contributed by atoms with Crippen molar-refractivity contribution in [2.24, 2.45) is 0 Å². The third kappa shape index (κ3) is 4.67. The highest BCUT2D eigenvalue weighted by atomic mass is 35.5. The summed E-state index contributed by atoms with van der Waals surface area (Å²) >= 11 is 8.77. The molecule has 0 fully saturated rings. The largest absolute Gasteiger partial charge is 0.462 e. The predicted molar refractivity (Wildman–Crippen MR) is 120 cm³/mol. The van der Waals surface area contributed by atoms with E-state index < -0.39 is 0 Å². The van der Waals surface area contributed by atoms with E-state index in [0.717, 1.165) is 21.7 Å². The van der Waals surface area contributed by atoms with Gasteiger partial charge in [-0.3, -0.25) is 0 Å². The minimum Gasteiger partial charge on any atom is -0.462 e. The van der Waals surface area contributed by atoms with Crippen LogP contribution in [0.5, 0.6) is 0 Å². The van der Waals surface area contributed by atoms with Crippen LogP contribution in [0.2, 0.25) is 5.02 Å². The molecule has 0 unspecified atom stereocenters. The quantitative estimate of drug-likeness (QED) is 0.357. The molecule has 0 spiro atoms. The standard InChI is InChI=1S/C21H18ClN3O2S2/c1-4-27-21(26)18-12(2)13(3)29-20(18)24-10-15(9-23)19-25-17(11-28-19)14-5-7-16(22)8-6-14/h5-8,10-11,24H,4H2,1-3H3. The topological polar surface area (TPSA) is 75.0 Å². The molecular weight excluding hydrogens is 426 g/mol. The lowest BCUT2D eigenvalue weighted by molar-refractivity contribution is 0.0527. The van der Waals surface area contributed by atoms with Crippen LogP contribution in [0.3, 0.4) is 0 Å². The molecule has 3 aromatic rings. The van der Waals surface area contributed by atoms with Crippen LogP contribution >= 0.6 is 34.3 Å². The van der Waals surface area contributed by atoms with Gasteiger partial charge in [0.25, 0.3) is 0 Å². The summed E-state index contributed by atoms with van der Waals surface area (Å²) in [4.78, 5) is 17.9. The minimum atomic E-state index is -0.372. The van der Waals surface area contributed by atoms with Crippen LogP contribution in [0.1, 0.15) is 32.7 Å². The third-order valence-corrected chi connectivity index (χ3v) is 6.47. The number of carbonyl (C=O) groups excluding carboxylic acids is 1. The number of nitrogens with zero attached hydrogens (tertiary/aromatic N) is 2. The van der Waals surface area contributed by atoms with Gasteiger partial charge < -0.3 is 10.1 Å². The number of benzene rings is 1. The number of aromatic nitrogens is 1. The molecule has 3 rings (SSSR count). The van der Waals surface area contributed by atoms with Gasteiger partial charge in [0.1, 0.15) is 21.7 Å². The highest BCUT2D eigenvalue weighted by Crippen LogP contribution is 2.34. The summed E-state index contributed by atoms with van der Waals surface area (Å²) < 4.78 is 5.16. The molecule has 0 aliphatic heterocycles. The Morgan fingerprint density at radius 3 is 2.72 bits per heavy atom. The van der Waals surface area contributed by atoms with Gasteiger partial charge >= 0.3 is 5.97 Å². The Morgan fingerprint density at radius 1 is 1.34 bits per heavy atom. The van der Waals surface area contributed by atoms with Crippen LogP contribution in [0, 0.1) is 25.2 Å². The lowest BCUT2D eigenvalue weighted by Crippen LogP contribution is -2.07. The second-order valence-corrected chi connectivity index (χ2v) is 8.59. The molecular formula is C21H18ClN3O2S2. The van der Waals surface area contributed by atoms with Crippen molar-refractivity contribution >= 4 is 50.8 Å². The summed E-state index contributed by atoms with van der Waals surface area (Å²) in [5, 5.41) is 16.5. The number of thiazole rings is 1. The summed E-state index contributed by atoms with van der Waals surface area (Å²) in [5.74, 6) is -0.372. The molecule has 5 nitrogen and oxygen atoms in total. The zero-order valence-electron chi connectivity index (χ0n) is 16.1. The lowest BCUT2D eigenvalue weighted by Gasteiger charge is -2.05. The molecule has 1 N–H and O–H groups in total. The summed E-state index contributed by atoms with van der Waals surface area (Å²) in [6, 6.07) is 9.55. The number of carbonyl (C=O) groups is 1. The lowest BCUT2D eigenvalue weighted by atomic mass is 10.1. The zero-order chi connectivity index (χ0) is 21.0. The summed E-state index contributed by atoms with van der Waals surface area (Å²) in [6.07, 6.45) is 1.58. The smallest absolute Gasteiger partial charge is 0.341 e. The normalized spacial score (nSPS) is 11.2. The Balaban J connectivity index is 1.87. The molecule has 8 heteroatoms. The number of esters is 1. The van der Waals surface area contributed by atoms with Crippen molar-refractivity contribution < 1.29 is 9.53 Å². The average molecular weight is 444 g/mol. The highest BCUT2D eigenvalue weighted by Gasteiger charge is 2.20. The maximum absolute atomic E-state index is 12.3. The Bertz CT molecular complexity index is 1110. The molecule has 0 saturated heterocycles. The number of rotatable bonds is 6. The van der Waals surface area contributed by atoms with Crippen molar-refractivity contribution in [1.29, 1.82) is 5.26 Å². The molecule has 148 valence electrons. The molecule has 2 aromatic heterocycles. The molecule has 0 aliphatic carbocycles. The fourth-order valence-corrected chi connectivity index (χ4v) is 4.55. The van der Waals surface area contributed by atoms with Gasteiger partial charge in [-0.25, -0.2) is 9.78 Å². The molecule has 0 atom stereocenters. The van der Waals surface area contributed by atoms with E-state index in [2.05, 4.69) is 16.4 Å². The Morgan fingerprint density at radius 2 is 2.07 bits per heavy atom. The van der Waals surface area contributed by atoms with Gasteiger partial charge in [0.2, 0.25) is 0 Å². The summed E-state index contributed by atoms with van der Waals surface area (Å²) in [6.45, 7) is 5.91. The van der Waals surface area contributed by atoms with Crippen LogP contribution in [0.25, 0.3) is 16.8 Å². The Kier molecular flexibility index (Phi) is 6.70. The van der Waals surface area contributed by atoms with Gasteiger partial charge in [0.05, 0.1) is 17.9 Å². The van der Waals surface area contributed by atoms with Gasteiger partial charge in [-0.2, -0.15) is 5.26 Å². The van der Waals surface area contributed by atoms with Crippen molar-refractivity contribution in [3.63, 3.8) is 0 Å². The van der Waals surface area contributed by atoms with Crippen LogP contribution in [-0.2, 0) is 4.74 Å². The predicted octanol–water partition coefficient (Wildman–Crippen LogP) is 6.30. The van der Waals surface area contributed by atoms with E-state index in [1.807, 2.05) is 31.4 Å². The molecule has 2 heterocycles. The van der Waals surface area contributed by atoms with Crippen molar-refractivity contribution in [2.45, 2.75) is 20.8 Å². The number of aryl methyl sites for hydroxylation is 1. The molecule has 29 heavy (non-hydrogen) atoms. The third-order valence-electron chi connectivity index (χ3n) is 4.21. The van der Waals surface area contributed by atoms with E-state index >= 15 is 0 Å². The number of hydrogen-bond donors (Lipinski definition) is 1. The molecule has 0 aliphatic rings. The number of nitriles is 1. The number of thiophene rings is 1. The van der Waals surface area contributed by atoms with Gasteiger partial charge in [0.15, 0.2) is 0 Å². The minimum absolute atomic E-state index is 0.304. The number of halogens is 1. The van der Waals surface area contributed by atoms with E-state index in [1.54, 1.807) is 25.3 Å². The first-order chi connectivity index (χ1) is 13.9. The molecule has 0 amide bonds. The Hall–Kier alpha value is -2.66. The van der Waals surface area contributed by atoms with Crippen molar-refractivity contribution in [3.8, 4) is 17.3 Å². The number of anilines is 1. The van der Waals surface area contributed by atoms with E-state index in [0.29, 0.717) is 32.8 Å². The second-order valence-electron chi connectivity index (χ2n) is 6.07. The van der Waals surface area contributed by atoms with Gasteiger partial charge in [-0.05, 0) is 38.5 Å². The Labute approximate surface area is 182 Å². The molecule has 0 radical (unpaired) electrons. The molecule has 0 saturated carbocycles. The van der Waals surface area contributed by atoms with Crippen LogP contribution in [-0.4, -0.2) is 17.6 Å². The fourth-order valence-electron chi connectivity index (χ4n) is 2.61. The first-order valence-electron chi connectivity index (χ1n) is 8.80. The van der Waals surface area contributed by atoms with E-state index in [-0.39, 0.29) is 5.97 Å². The average Bonchev–Trinajstić information content (AvgIpc) is 3.29. The maximum Gasteiger partial charge on any atom is 0.341 e. The number of nitrogens with one attached hydrogen (secondary N) is 1. The highest BCUT2D eigenvalue weighted by molar-refractivity contribution is 7.16. The first kappa shape index (κ1) is 21.1. The fraction of sp³-hybridized carbons (Fsp3) is 0.190. The first-order valence-corrected chi connectivity index (χ1v) is 10.9. The zero-order valence-corrected chi connectivity index (χ0v) is 18.5.